The number of anilines is 1. The third kappa shape index (κ3) is 5.28. The van der Waals surface area contributed by atoms with Crippen LogP contribution in [0.3, 0.4) is 0 Å². The molecular weight excluding hydrogens is 444 g/mol. The van der Waals surface area contributed by atoms with Crippen molar-refractivity contribution in [2.75, 3.05) is 24.2 Å². The van der Waals surface area contributed by atoms with E-state index in [2.05, 4.69) is 5.32 Å². The van der Waals surface area contributed by atoms with E-state index >= 15 is 0 Å². The summed E-state index contributed by atoms with van der Waals surface area (Å²) in [6.07, 6.45) is 3.02. The number of amides is 3. The zero-order valence-electron chi connectivity index (χ0n) is 17.9. The van der Waals surface area contributed by atoms with Crippen LogP contribution in [0.15, 0.2) is 56.6 Å². The summed E-state index contributed by atoms with van der Waals surface area (Å²) >= 11 is 1.18. The van der Waals surface area contributed by atoms with Gasteiger partial charge in [-0.3, -0.25) is 19.0 Å². The van der Waals surface area contributed by atoms with Crippen LogP contribution in [0, 0.1) is 0 Å². The number of oxazole rings is 1. The second-order valence-corrected chi connectivity index (χ2v) is 8.80. The maximum atomic E-state index is 12.9. The topological polar surface area (TPSA) is 128 Å². The molecule has 33 heavy (non-hydrogen) atoms. The smallest absolute Gasteiger partial charge is 0.408 e. The number of piperidine rings is 1. The van der Waals surface area contributed by atoms with Crippen molar-refractivity contribution >= 4 is 46.3 Å². The zero-order valence-corrected chi connectivity index (χ0v) is 18.7. The summed E-state index contributed by atoms with van der Waals surface area (Å²) in [7, 11) is 0. The second kappa shape index (κ2) is 9.95. The minimum atomic E-state index is -0.618. The van der Waals surface area contributed by atoms with Gasteiger partial charge in [-0.1, -0.05) is 12.1 Å². The molecule has 172 valence electrons. The lowest BCUT2D eigenvalue weighted by molar-refractivity contribution is -0.132. The number of carbonyl (C=O) groups excluding carboxylic acids is 3. The van der Waals surface area contributed by atoms with E-state index in [0.29, 0.717) is 40.3 Å². The van der Waals surface area contributed by atoms with Gasteiger partial charge in [-0.15, -0.1) is 11.8 Å². The summed E-state index contributed by atoms with van der Waals surface area (Å²) in [5.74, 6) is -1.54. The van der Waals surface area contributed by atoms with Gasteiger partial charge in [0.1, 0.15) is 6.54 Å². The Labute approximate surface area is 193 Å². The number of rotatable bonds is 7. The third-order valence-electron chi connectivity index (χ3n) is 5.43. The zero-order chi connectivity index (χ0) is 23.4. The number of nitrogens with one attached hydrogen (secondary N) is 1. The Bertz CT molecular complexity index is 1260. The average Bonchev–Trinajstić information content (AvgIpc) is 3.12. The number of primary amides is 1. The molecule has 0 saturated carbocycles. The van der Waals surface area contributed by atoms with Gasteiger partial charge in [0.15, 0.2) is 5.58 Å². The molecule has 0 atom stereocenters. The van der Waals surface area contributed by atoms with Gasteiger partial charge in [0.2, 0.25) is 11.8 Å². The van der Waals surface area contributed by atoms with Crippen molar-refractivity contribution in [3.63, 3.8) is 0 Å². The number of aromatic nitrogens is 1. The van der Waals surface area contributed by atoms with Crippen LogP contribution < -0.4 is 16.8 Å². The highest BCUT2D eigenvalue weighted by atomic mass is 32.2. The molecule has 0 unspecified atom stereocenters. The van der Waals surface area contributed by atoms with E-state index in [1.54, 1.807) is 47.4 Å². The molecule has 1 aromatic heterocycles. The van der Waals surface area contributed by atoms with Crippen molar-refractivity contribution in [1.29, 1.82) is 0 Å². The van der Waals surface area contributed by atoms with Crippen molar-refractivity contribution in [1.82, 2.24) is 9.47 Å². The van der Waals surface area contributed by atoms with Crippen LogP contribution >= 0.6 is 11.8 Å². The first-order valence-corrected chi connectivity index (χ1v) is 11.6. The molecule has 1 aliphatic heterocycles. The first-order chi connectivity index (χ1) is 15.9. The lowest BCUT2D eigenvalue weighted by atomic mass is 10.1. The number of hydrogen-bond donors (Lipinski definition) is 2. The summed E-state index contributed by atoms with van der Waals surface area (Å²) in [5.41, 5.74) is 6.83. The van der Waals surface area contributed by atoms with E-state index in [4.69, 9.17) is 10.2 Å². The number of thioether (sulfide) groups is 1. The maximum Gasteiger partial charge on any atom is 0.420 e. The van der Waals surface area contributed by atoms with Crippen LogP contribution in [0.1, 0.15) is 29.6 Å². The molecule has 3 amide bonds. The number of likely N-dealkylation sites (tertiary alicyclic amines) is 1. The molecule has 1 fully saturated rings. The molecule has 1 aliphatic rings. The summed E-state index contributed by atoms with van der Waals surface area (Å²) in [6, 6.07) is 11.7. The Morgan fingerprint density at radius 3 is 2.58 bits per heavy atom. The van der Waals surface area contributed by atoms with Crippen LogP contribution in [0.2, 0.25) is 0 Å². The fraction of sp³-hybridized carbons (Fsp3) is 0.304. The largest absolute Gasteiger partial charge is 0.420 e. The highest BCUT2D eigenvalue weighted by molar-refractivity contribution is 8.00. The first kappa shape index (κ1) is 22.7. The predicted octanol–water partition coefficient (Wildman–Crippen LogP) is 2.44. The molecule has 3 N–H and O–H groups in total. The van der Waals surface area contributed by atoms with Crippen molar-refractivity contribution in [3.05, 3.63) is 58.6 Å². The standard InChI is InChI=1S/C23H24N4O5S/c24-20(28)14-33-19-7-3-2-6-16(19)22(30)25-15-8-9-18-17(12-15)27(23(31)32-18)13-21(29)26-10-4-1-5-11-26/h2-3,6-9,12H,1,4-5,10-11,13-14H2,(H2,24,28)(H,25,30). The molecule has 3 aromatic rings. The number of benzene rings is 2. The summed E-state index contributed by atoms with van der Waals surface area (Å²) in [4.78, 5) is 51.5. The van der Waals surface area contributed by atoms with Crippen molar-refractivity contribution in [2.45, 2.75) is 30.7 Å². The van der Waals surface area contributed by atoms with Gasteiger partial charge in [0.25, 0.3) is 5.91 Å². The van der Waals surface area contributed by atoms with E-state index in [1.807, 2.05) is 0 Å². The van der Waals surface area contributed by atoms with Gasteiger partial charge in [0.05, 0.1) is 16.8 Å². The average molecular weight is 469 g/mol. The molecule has 10 heteroatoms. The molecule has 4 rings (SSSR count). The number of carbonyl (C=O) groups is 3. The Balaban J connectivity index is 1.55. The number of nitrogens with zero attached hydrogens (tertiary/aromatic N) is 2. The molecule has 0 spiro atoms. The summed E-state index contributed by atoms with van der Waals surface area (Å²) in [6.45, 7) is 1.27. The molecule has 9 nitrogen and oxygen atoms in total. The molecule has 0 bridgehead atoms. The Morgan fingerprint density at radius 1 is 1.06 bits per heavy atom. The molecule has 1 saturated heterocycles. The van der Waals surface area contributed by atoms with Crippen LogP contribution in [0.25, 0.3) is 11.1 Å². The number of hydrogen-bond acceptors (Lipinski definition) is 6. The molecule has 2 heterocycles. The van der Waals surface area contributed by atoms with Gasteiger partial charge < -0.3 is 20.4 Å². The van der Waals surface area contributed by atoms with E-state index in [9.17, 15) is 19.2 Å². The van der Waals surface area contributed by atoms with E-state index < -0.39 is 11.7 Å². The minimum Gasteiger partial charge on any atom is -0.408 e. The van der Waals surface area contributed by atoms with Crippen LogP contribution in [0.5, 0.6) is 0 Å². The minimum absolute atomic E-state index is 0.0581. The molecule has 0 radical (unpaired) electrons. The number of nitrogens with two attached hydrogens (primary N) is 1. The molecular formula is C23H24N4O5S. The maximum absolute atomic E-state index is 12.9. The summed E-state index contributed by atoms with van der Waals surface area (Å²) in [5, 5.41) is 2.81. The van der Waals surface area contributed by atoms with Gasteiger partial charge in [-0.25, -0.2) is 4.79 Å². The normalized spacial score (nSPS) is 13.8. The lowest BCUT2D eigenvalue weighted by Crippen LogP contribution is -2.39. The van der Waals surface area contributed by atoms with Crippen LogP contribution in [-0.2, 0) is 16.1 Å². The fourth-order valence-corrected chi connectivity index (χ4v) is 4.58. The second-order valence-electron chi connectivity index (χ2n) is 7.78. The Kier molecular flexibility index (Phi) is 6.83. The SMILES string of the molecule is NC(=O)CSc1ccccc1C(=O)Nc1ccc2oc(=O)n(CC(=O)N3CCCCC3)c2c1. The quantitative estimate of drug-likeness (QED) is 0.513. The summed E-state index contributed by atoms with van der Waals surface area (Å²) < 4.78 is 6.57. The highest BCUT2D eigenvalue weighted by Crippen LogP contribution is 2.25. The first-order valence-electron chi connectivity index (χ1n) is 10.6. The lowest BCUT2D eigenvalue weighted by Gasteiger charge is -2.26. The van der Waals surface area contributed by atoms with Gasteiger partial charge in [-0.05, 0) is 49.6 Å². The highest BCUT2D eigenvalue weighted by Gasteiger charge is 2.20. The van der Waals surface area contributed by atoms with E-state index in [1.165, 1.54) is 16.3 Å². The fourth-order valence-electron chi connectivity index (χ4n) is 3.80. The number of fused-ring (bicyclic) bond motifs is 1. The van der Waals surface area contributed by atoms with E-state index in [-0.39, 0.29) is 24.1 Å². The third-order valence-corrected chi connectivity index (χ3v) is 6.52. The van der Waals surface area contributed by atoms with Crippen LogP contribution in [-0.4, -0.2) is 46.0 Å². The monoisotopic (exact) mass is 468 g/mol. The van der Waals surface area contributed by atoms with Gasteiger partial charge in [-0.2, -0.15) is 0 Å². The van der Waals surface area contributed by atoms with Crippen molar-refractivity contribution in [2.24, 2.45) is 5.73 Å². The van der Waals surface area contributed by atoms with Crippen LogP contribution in [0.4, 0.5) is 5.69 Å². The Hall–Kier alpha value is -3.53. The predicted molar refractivity (Wildman–Crippen MR) is 125 cm³/mol. The van der Waals surface area contributed by atoms with Gasteiger partial charge >= 0.3 is 5.76 Å². The molecule has 2 aromatic carbocycles. The molecule has 0 aliphatic carbocycles. The Morgan fingerprint density at radius 2 is 1.82 bits per heavy atom. The van der Waals surface area contributed by atoms with Crippen molar-refractivity contribution < 1.29 is 18.8 Å². The van der Waals surface area contributed by atoms with E-state index in [0.717, 1.165) is 19.3 Å². The van der Waals surface area contributed by atoms with Gasteiger partial charge in [0, 0.05) is 23.7 Å². The van der Waals surface area contributed by atoms with Crippen molar-refractivity contribution in [3.8, 4) is 0 Å².